The fourth-order valence-electron chi connectivity index (χ4n) is 2.92. The summed E-state index contributed by atoms with van der Waals surface area (Å²) in [5.41, 5.74) is 6.51. The molecule has 2 amide bonds. The Balaban J connectivity index is 2.32. The van der Waals surface area contributed by atoms with Gasteiger partial charge in [-0.15, -0.1) is 0 Å². The van der Waals surface area contributed by atoms with E-state index >= 15 is 0 Å². The van der Waals surface area contributed by atoms with E-state index in [0.29, 0.717) is 25.5 Å². The molecule has 0 bridgehead atoms. The van der Waals surface area contributed by atoms with Crippen LogP contribution in [0.2, 0.25) is 0 Å². The van der Waals surface area contributed by atoms with Crippen molar-refractivity contribution in [3.63, 3.8) is 0 Å². The number of hydrogen-bond acceptors (Lipinski definition) is 4. The van der Waals surface area contributed by atoms with Crippen molar-refractivity contribution < 1.29 is 14.3 Å². The van der Waals surface area contributed by atoms with Crippen molar-refractivity contribution >= 4 is 11.8 Å². The molecule has 0 aromatic carbocycles. The van der Waals surface area contributed by atoms with Gasteiger partial charge in [0.2, 0.25) is 5.91 Å². The topological polar surface area (TPSA) is 90.4 Å². The molecule has 1 unspecified atom stereocenters. The Labute approximate surface area is 143 Å². The zero-order valence-corrected chi connectivity index (χ0v) is 15.2. The van der Waals surface area contributed by atoms with Crippen molar-refractivity contribution in [3.8, 4) is 0 Å². The average Bonchev–Trinajstić information content (AvgIpc) is 2.92. The second-order valence-electron chi connectivity index (χ2n) is 7.59. The van der Waals surface area contributed by atoms with Crippen molar-refractivity contribution in [1.82, 2.24) is 14.7 Å². The Morgan fingerprint density at radius 3 is 2.58 bits per heavy atom. The maximum absolute atomic E-state index is 12.9. The largest absolute Gasteiger partial charge is 0.377 e. The minimum Gasteiger partial charge on any atom is -0.377 e. The maximum atomic E-state index is 12.9. The second-order valence-corrected chi connectivity index (χ2v) is 7.59. The first kappa shape index (κ1) is 18.4. The molecule has 1 aliphatic heterocycles. The van der Waals surface area contributed by atoms with Crippen molar-refractivity contribution in [2.24, 2.45) is 5.73 Å². The number of amides is 2. The molecule has 1 saturated heterocycles. The molecule has 0 aliphatic carbocycles. The third-order valence-electron chi connectivity index (χ3n) is 4.11. The predicted molar refractivity (Wildman–Crippen MR) is 90.8 cm³/mol. The van der Waals surface area contributed by atoms with Crippen LogP contribution in [-0.4, -0.2) is 52.3 Å². The van der Waals surface area contributed by atoms with Gasteiger partial charge in [-0.1, -0.05) is 13.8 Å². The highest BCUT2D eigenvalue weighted by Crippen LogP contribution is 2.25. The Hall–Kier alpha value is -1.89. The van der Waals surface area contributed by atoms with Gasteiger partial charge in [-0.05, 0) is 32.8 Å². The Kier molecular flexibility index (Phi) is 5.32. The van der Waals surface area contributed by atoms with Gasteiger partial charge in [0.25, 0.3) is 5.91 Å². The van der Waals surface area contributed by atoms with E-state index in [1.54, 1.807) is 4.90 Å². The van der Waals surface area contributed by atoms with Crippen LogP contribution in [0.4, 0.5) is 0 Å². The number of nitrogens with zero attached hydrogens (tertiary/aromatic N) is 3. The summed E-state index contributed by atoms with van der Waals surface area (Å²) >= 11 is 0. The number of nitrogens with two attached hydrogens (primary N) is 1. The SMILES string of the molecule is CC(C)c1cc(C(=O)N2CCOCC2CC(N)=O)nn1C(C)(C)C. The molecule has 2 N–H and O–H groups in total. The lowest BCUT2D eigenvalue weighted by atomic mass is 10.1. The number of morpholine rings is 1. The van der Waals surface area contributed by atoms with Crippen LogP contribution in [0.3, 0.4) is 0 Å². The first-order valence-electron chi connectivity index (χ1n) is 8.38. The lowest BCUT2D eigenvalue weighted by Gasteiger charge is -2.34. The molecule has 1 atom stereocenters. The van der Waals surface area contributed by atoms with Gasteiger partial charge in [-0.25, -0.2) is 0 Å². The molecular formula is C17H28N4O3. The molecule has 0 radical (unpaired) electrons. The third-order valence-corrected chi connectivity index (χ3v) is 4.11. The van der Waals surface area contributed by atoms with Crippen LogP contribution in [0.25, 0.3) is 0 Å². The second kappa shape index (κ2) is 6.93. The molecule has 2 rings (SSSR count). The fourth-order valence-corrected chi connectivity index (χ4v) is 2.92. The number of carbonyl (C=O) groups is 2. The Morgan fingerprint density at radius 1 is 1.42 bits per heavy atom. The van der Waals surface area contributed by atoms with Crippen LogP contribution in [0.1, 0.15) is 63.1 Å². The molecule has 0 saturated carbocycles. The van der Waals surface area contributed by atoms with Crippen molar-refractivity contribution in [3.05, 3.63) is 17.5 Å². The molecule has 7 heteroatoms. The van der Waals surface area contributed by atoms with Crippen molar-refractivity contribution in [2.75, 3.05) is 19.8 Å². The van der Waals surface area contributed by atoms with E-state index in [-0.39, 0.29) is 29.8 Å². The van der Waals surface area contributed by atoms with Gasteiger partial charge in [0.05, 0.1) is 24.8 Å². The highest BCUT2D eigenvalue weighted by molar-refractivity contribution is 5.93. The van der Waals surface area contributed by atoms with Gasteiger partial charge in [0.1, 0.15) is 0 Å². The number of hydrogen-bond donors (Lipinski definition) is 1. The van der Waals surface area contributed by atoms with Gasteiger partial charge < -0.3 is 15.4 Å². The molecular weight excluding hydrogens is 308 g/mol. The standard InChI is InChI=1S/C17H28N4O3/c1-11(2)14-9-13(19-21(14)17(3,4)5)16(23)20-6-7-24-10-12(20)8-15(18)22/h9,11-12H,6-8,10H2,1-5H3,(H2,18,22). The molecule has 1 fully saturated rings. The van der Waals surface area contributed by atoms with Crippen LogP contribution < -0.4 is 5.73 Å². The monoisotopic (exact) mass is 336 g/mol. The molecule has 1 aromatic heterocycles. The lowest BCUT2D eigenvalue weighted by Crippen LogP contribution is -2.50. The molecule has 2 heterocycles. The molecule has 24 heavy (non-hydrogen) atoms. The first-order chi connectivity index (χ1) is 11.1. The van der Waals surface area contributed by atoms with E-state index in [1.165, 1.54) is 0 Å². The zero-order chi connectivity index (χ0) is 18.1. The normalized spacial score (nSPS) is 18.9. The minimum atomic E-state index is -0.439. The fraction of sp³-hybridized carbons (Fsp3) is 0.706. The zero-order valence-electron chi connectivity index (χ0n) is 15.2. The molecule has 134 valence electrons. The van der Waals surface area contributed by atoms with E-state index < -0.39 is 5.91 Å². The smallest absolute Gasteiger partial charge is 0.274 e. The van der Waals surface area contributed by atoms with Gasteiger partial charge >= 0.3 is 0 Å². The number of rotatable bonds is 4. The number of aromatic nitrogens is 2. The highest BCUT2D eigenvalue weighted by Gasteiger charge is 2.32. The third kappa shape index (κ3) is 3.95. The van der Waals surface area contributed by atoms with Crippen LogP contribution >= 0.6 is 0 Å². The van der Waals surface area contributed by atoms with Gasteiger partial charge in [0, 0.05) is 18.7 Å². The van der Waals surface area contributed by atoms with E-state index in [9.17, 15) is 9.59 Å². The molecule has 7 nitrogen and oxygen atoms in total. The molecule has 0 spiro atoms. The highest BCUT2D eigenvalue weighted by atomic mass is 16.5. The molecule has 1 aliphatic rings. The minimum absolute atomic E-state index is 0.1000. The van der Waals surface area contributed by atoms with Gasteiger partial charge in [-0.2, -0.15) is 5.10 Å². The van der Waals surface area contributed by atoms with E-state index in [0.717, 1.165) is 5.69 Å². The van der Waals surface area contributed by atoms with Crippen LogP contribution in [0.5, 0.6) is 0 Å². The summed E-state index contributed by atoms with van der Waals surface area (Å²) in [6.45, 7) is 11.6. The Morgan fingerprint density at radius 2 is 2.08 bits per heavy atom. The average molecular weight is 336 g/mol. The van der Waals surface area contributed by atoms with Gasteiger partial charge in [0.15, 0.2) is 5.69 Å². The van der Waals surface area contributed by atoms with Crippen LogP contribution in [-0.2, 0) is 15.1 Å². The Bertz CT molecular complexity index is 616. The molecule has 1 aromatic rings. The number of ether oxygens (including phenoxy) is 1. The number of carbonyl (C=O) groups excluding carboxylic acids is 2. The predicted octanol–water partition coefficient (Wildman–Crippen LogP) is 1.48. The summed E-state index contributed by atoms with van der Waals surface area (Å²) in [6.07, 6.45) is 0.1000. The van der Waals surface area contributed by atoms with Crippen molar-refractivity contribution in [1.29, 1.82) is 0 Å². The summed E-state index contributed by atoms with van der Waals surface area (Å²) in [4.78, 5) is 25.9. The lowest BCUT2D eigenvalue weighted by molar-refractivity contribution is -0.120. The summed E-state index contributed by atoms with van der Waals surface area (Å²) in [5.74, 6) is -0.356. The van der Waals surface area contributed by atoms with Crippen LogP contribution in [0.15, 0.2) is 6.07 Å². The summed E-state index contributed by atoms with van der Waals surface area (Å²) in [7, 11) is 0. The maximum Gasteiger partial charge on any atom is 0.274 e. The van der Waals surface area contributed by atoms with Gasteiger partial charge in [-0.3, -0.25) is 14.3 Å². The summed E-state index contributed by atoms with van der Waals surface area (Å²) < 4.78 is 7.30. The summed E-state index contributed by atoms with van der Waals surface area (Å²) in [5, 5.41) is 4.56. The van der Waals surface area contributed by atoms with E-state index in [1.807, 2.05) is 10.7 Å². The van der Waals surface area contributed by atoms with Crippen molar-refractivity contribution in [2.45, 2.75) is 58.5 Å². The van der Waals surface area contributed by atoms with E-state index in [2.05, 4.69) is 39.7 Å². The first-order valence-corrected chi connectivity index (χ1v) is 8.38. The quantitative estimate of drug-likeness (QED) is 0.901. The number of primary amides is 1. The van der Waals surface area contributed by atoms with Crippen LogP contribution in [0, 0.1) is 0 Å². The van der Waals surface area contributed by atoms with E-state index in [4.69, 9.17) is 10.5 Å². The summed E-state index contributed by atoms with van der Waals surface area (Å²) in [6, 6.07) is 1.53.